The molecule has 0 radical (unpaired) electrons. The Labute approximate surface area is 177 Å². The molecule has 0 aliphatic heterocycles. The summed E-state index contributed by atoms with van der Waals surface area (Å²) in [5.74, 6) is -0.0449. The third kappa shape index (κ3) is 8.40. The number of aliphatic hydroxyl groups excluding tert-OH is 3. The van der Waals surface area contributed by atoms with Crippen LogP contribution in [0.4, 0.5) is 0 Å². The highest BCUT2D eigenvalue weighted by Gasteiger charge is 2.37. The van der Waals surface area contributed by atoms with Gasteiger partial charge in [-0.25, -0.2) is 0 Å². The van der Waals surface area contributed by atoms with Crippen molar-refractivity contribution in [3.05, 3.63) is 71.8 Å². The number of rotatable bonds is 8. The fourth-order valence-electron chi connectivity index (χ4n) is 2.50. The topological polar surface area (TPSA) is 69.9 Å². The van der Waals surface area contributed by atoms with Crippen LogP contribution in [0.1, 0.15) is 43.7 Å². The van der Waals surface area contributed by atoms with Gasteiger partial charge >= 0.3 is 0 Å². The van der Waals surface area contributed by atoms with Gasteiger partial charge in [0.05, 0.1) is 19.8 Å². The van der Waals surface area contributed by atoms with E-state index in [9.17, 15) is 5.11 Å². The van der Waals surface area contributed by atoms with Crippen LogP contribution in [0, 0.1) is 0 Å². The molecule has 2 aromatic carbocycles. The molecule has 1 unspecified atom stereocenters. The van der Waals surface area contributed by atoms with Crippen LogP contribution in [-0.4, -0.2) is 50.1 Å². The Bertz CT molecular complexity index is 664. The van der Waals surface area contributed by atoms with E-state index in [4.69, 9.17) is 14.6 Å². The largest absolute Gasteiger partial charge is 0.416 e. The van der Waals surface area contributed by atoms with Gasteiger partial charge < -0.3 is 19.7 Å². The fraction of sp³-hybridized carbons (Fsp3) is 0.500. The zero-order valence-electron chi connectivity index (χ0n) is 18.5. The van der Waals surface area contributed by atoms with Crippen LogP contribution >= 0.6 is 0 Å². The summed E-state index contributed by atoms with van der Waals surface area (Å²) < 4.78 is 6.18. The van der Waals surface area contributed by atoms with Gasteiger partial charge in [0.15, 0.2) is 8.32 Å². The first-order chi connectivity index (χ1) is 13.7. The summed E-state index contributed by atoms with van der Waals surface area (Å²) in [6.45, 7) is 11.9. The quantitative estimate of drug-likeness (QED) is 0.551. The van der Waals surface area contributed by atoms with Crippen molar-refractivity contribution in [3.63, 3.8) is 0 Å². The summed E-state index contributed by atoms with van der Waals surface area (Å²) in [6.07, 6.45) is 0. The summed E-state index contributed by atoms with van der Waals surface area (Å²) >= 11 is 0. The zero-order valence-corrected chi connectivity index (χ0v) is 19.5. The molecule has 0 heterocycles. The van der Waals surface area contributed by atoms with Gasteiger partial charge in [-0.15, -0.1) is 0 Å². The Morgan fingerprint density at radius 1 is 0.724 bits per heavy atom. The summed E-state index contributed by atoms with van der Waals surface area (Å²) in [5, 5.41) is 27.4. The first-order valence-electron chi connectivity index (χ1n) is 10.2. The van der Waals surface area contributed by atoms with Crippen molar-refractivity contribution in [2.75, 3.05) is 26.4 Å². The van der Waals surface area contributed by atoms with Crippen LogP contribution in [-0.2, 0) is 4.43 Å². The SMILES string of the molecule is CC(C)(C)[Si](C)(C)OCC(CO)c1ccccc1.OCC(CO)c1ccccc1. The van der Waals surface area contributed by atoms with Crippen molar-refractivity contribution in [2.45, 2.75) is 50.7 Å². The molecule has 29 heavy (non-hydrogen) atoms. The Morgan fingerprint density at radius 3 is 1.45 bits per heavy atom. The predicted molar refractivity (Wildman–Crippen MR) is 123 cm³/mol. The minimum Gasteiger partial charge on any atom is -0.416 e. The molecular formula is C24H38O4Si. The van der Waals surface area contributed by atoms with E-state index in [0.717, 1.165) is 11.1 Å². The highest BCUT2D eigenvalue weighted by molar-refractivity contribution is 6.74. The van der Waals surface area contributed by atoms with Crippen LogP contribution in [0.25, 0.3) is 0 Å². The molecule has 3 N–H and O–H groups in total. The van der Waals surface area contributed by atoms with Crippen molar-refractivity contribution in [3.8, 4) is 0 Å². The molecule has 0 amide bonds. The monoisotopic (exact) mass is 418 g/mol. The van der Waals surface area contributed by atoms with Crippen LogP contribution in [0.5, 0.6) is 0 Å². The Hall–Kier alpha value is -1.50. The predicted octanol–water partition coefficient (Wildman–Crippen LogP) is 4.54. The zero-order chi connectivity index (χ0) is 21.9. The second-order valence-corrected chi connectivity index (χ2v) is 13.6. The number of hydrogen-bond donors (Lipinski definition) is 3. The Kier molecular flexibility index (Phi) is 10.8. The molecule has 0 spiro atoms. The van der Waals surface area contributed by atoms with Gasteiger partial charge in [0, 0.05) is 18.4 Å². The highest BCUT2D eigenvalue weighted by Crippen LogP contribution is 2.37. The average molecular weight is 419 g/mol. The lowest BCUT2D eigenvalue weighted by Crippen LogP contribution is -2.42. The number of hydrogen-bond acceptors (Lipinski definition) is 4. The van der Waals surface area contributed by atoms with E-state index in [2.05, 4.69) is 46.0 Å². The summed E-state index contributed by atoms with van der Waals surface area (Å²) in [4.78, 5) is 0. The summed E-state index contributed by atoms with van der Waals surface area (Å²) in [5.41, 5.74) is 2.14. The molecule has 0 aromatic heterocycles. The Balaban J connectivity index is 0.000000326. The highest BCUT2D eigenvalue weighted by atomic mass is 28.4. The van der Waals surface area contributed by atoms with E-state index in [1.165, 1.54) is 0 Å². The summed E-state index contributed by atoms with van der Waals surface area (Å²) in [6, 6.07) is 19.6. The average Bonchev–Trinajstić information content (AvgIpc) is 2.71. The molecule has 0 saturated heterocycles. The molecule has 2 rings (SSSR count). The maximum Gasteiger partial charge on any atom is 0.192 e. The molecule has 162 valence electrons. The van der Waals surface area contributed by atoms with Gasteiger partial charge in [-0.3, -0.25) is 0 Å². The van der Waals surface area contributed by atoms with E-state index in [1.807, 2.05) is 48.5 Å². The van der Waals surface area contributed by atoms with Crippen LogP contribution in [0.3, 0.4) is 0 Å². The second-order valence-electron chi connectivity index (χ2n) is 8.83. The molecular weight excluding hydrogens is 380 g/mol. The maximum absolute atomic E-state index is 9.51. The van der Waals surface area contributed by atoms with Crippen molar-refractivity contribution >= 4 is 8.32 Å². The Morgan fingerprint density at radius 2 is 1.10 bits per heavy atom. The molecule has 0 aliphatic rings. The smallest absolute Gasteiger partial charge is 0.192 e. The molecule has 0 bridgehead atoms. The number of aliphatic hydroxyl groups is 3. The first-order valence-corrected chi connectivity index (χ1v) is 13.1. The molecule has 4 nitrogen and oxygen atoms in total. The fourth-order valence-corrected chi connectivity index (χ4v) is 3.55. The molecule has 0 aliphatic carbocycles. The molecule has 5 heteroatoms. The van der Waals surface area contributed by atoms with E-state index >= 15 is 0 Å². The van der Waals surface area contributed by atoms with Gasteiger partial charge in [0.1, 0.15) is 0 Å². The third-order valence-corrected chi connectivity index (χ3v) is 10.2. The molecule has 2 aromatic rings. The number of benzene rings is 2. The minimum absolute atomic E-state index is 0.000509. The van der Waals surface area contributed by atoms with Crippen molar-refractivity contribution in [2.24, 2.45) is 0 Å². The lowest BCUT2D eigenvalue weighted by atomic mass is 10.0. The van der Waals surface area contributed by atoms with Gasteiger partial charge in [-0.2, -0.15) is 0 Å². The molecule has 1 atom stereocenters. The van der Waals surface area contributed by atoms with Crippen LogP contribution in [0.15, 0.2) is 60.7 Å². The normalized spacial score (nSPS) is 13.0. The lowest BCUT2D eigenvalue weighted by molar-refractivity contribution is 0.192. The second kappa shape index (κ2) is 12.3. The molecule has 0 saturated carbocycles. The van der Waals surface area contributed by atoms with E-state index in [1.54, 1.807) is 0 Å². The molecule has 0 fully saturated rings. The van der Waals surface area contributed by atoms with Gasteiger partial charge in [0.25, 0.3) is 0 Å². The van der Waals surface area contributed by atoms with Crippen LogP contribution < -0.4 is 0 Å². The third-order valence-electron chi connectivity index (χ3n) is 5.65. The van der Waals surface area contributed by atoms with Gasteiger partial charge in [-0.05, 0) is 29.3 Å². The maximum atomic E-state index is 9.51. The summed E-state index contributed by atoms with van der Waals surface area (Å²) in [7, 11) is -1.73. The van der Waals surface area contributed by atoms with Gasteiger partial charge in [0.2, 0.25) is 0 Å². The van der Waals surface area contributed by atoms with E-state index in [-0.39, 0.29) is 36.7 Å². The standard InChI is InChI=1S/C15H26O2Si.C9H12O2/c1-15(2,3)18(4,5)17-12-14(11-16)13-9-7-6-8-10-13;10-6-9(7-11)8-4-2-1-3-5-8/h6-10,14,16H,11-12H2,1-5H3;1-5,9-11H,6-7H2. The van der Waals surface area contributed by atoms with Crippen LogP contribution in [0.2, 0.25) is 18.1 Å². The van der Waals surface area contributed by atoms with E-state index < -0.39 is 8.32 Å². The van der Waals surface area contributed by atoms with Crippen molar-refractivity contribution in [1.29, 1.82) is 0 Å². The minimum atomic E-state index is -1.73. The first kappa shape index (κ1) is 25.5. The lowest BCUT2D eigenvalue weighted by Gasteiger charge is -2.37. The van der Waals surface area contributed by atoms with Gasteiger partial charge in [-0.1, -0.05) is 81.4 Å². The van der Waals surface area contributed by atoms with E-state index in [0.29, 0.717) is 6.61 Å². The van der Waals surface area contributed by atoms with Crippen molar-refractivity contribution in [1.82, 2.24) is 0 Å². The van der Waals surface area contributed by atoms with Crippen molar-refractivity contribution < 1.29 is 19.7 Å².